The number of methoxy groups -OCH3 is 1. The summed E-state index contributed by atoms with van der Waals surface area (Å²) in [6.07, 6.45) is 0. The van der Waals surface area contributed by atoms with Crippen LogP contribution in [-0.4, -0.2) is 30.3 Å². The molecule has 6 nitrogen and oxygen atoms in total. The Morgan fingerprint density at radius 2 is 1.70 bits per heavy atom. The third kappa shape index (κ3) is 3.96. The van der Waals surface area contributed by atoms with Gasteiger partial charge in [0.15, 0.2) is 5.17 Å². The van der Waals surface area contributed by atoms with Crippen molar-refractivity contribution in [1.29, 1.82) is 0 Å². The number of amides is 1. The Labute approximate surface area is 200 Å². The number of anilines is 2. The molecule has 2 aliphatic heterocycles. The van der Waals surface area contributed by atoms with Crippen LogP contribution in [0.15, 0.2) is 86.6 Å². The fourth-order valence-electron chi connectivity index (χ4n) is 3.59. The minimum absolute atomic E-state index is 0.143. The molecule has 2 heterocycles. The van der Waals surface area contributed by atoms with E-state index in [-0.39, 0.29) is 11.7 Å². The molecule has 3 aromatic carbocycles. The molecule has 0 saturated carbocycles. The molecule has 0 aliphatic carbocycles. The van der Waals surface area contributed by atoms with Crippen molar-refractivity contribution in [2.75, 3.05) is 24.0 Å². The molecule has 1 amide bonds. The van der Waals surface area contributed by atoms with Gasteiger partial charge in [-0.05, 0) is 67.2 Å². The van der Waals surface area contributed by atoms with Gasteiger partial charge in [0.25, 0.3) is 5.91 Å². The van der Waals surface area contributed by atoms with E-state index in [0.717, 1.165) is 32.6 Å². The summed E-state index contributed by atoms with van der Waals surface area (Å²) < 4.78 is 5.37. The smallest absolute Gasteiger partial charge is 0.274 e. The van der Waals surface area contributed by atoms with E-state index < -0.39 is 0 Å². The molecular weight excluding hydrogens is 454 g/mol. The minimum Gasteiger partial charge on any atom is -0.508 e. The lowest BCUT2D eigenvalue weighted by molar-refractivity contribution is -0.113. The zero-order valence-corrected chi connectivity index (χ0v) is 19.9. The molecule has 5 rings (SSSR count). The highest BCUT2D eigenvalue weighted by atomic mass is 32.2. The normalized spacial score (nSPS) is 18.9. The number of ether oxygens (including phenoxy) is 1. The highest BCUT2D eigenvalue weighted by Crippen LogP contribution is 2.51. The molecule has 166 valence electrons. The second-order valence-corrected chi connectivity index (χ2v) is 9.63. The van der Waals surface area contributed by atoms with Crippen LogP contribution in [0.3, 0.4) is 0 Å². The van der Waals surface area contributed by atoms with E-state index in [1.807, 2.05) is 61.3 Å². The molecule has 1 saturated heterocycles. The highest BCUT2D eigenvalue weighted by molar-refractivity contribution is 8.20. The largest absolute Gasteiger partial charge is 0.508 e. The summed E-state index contributed by atoms with van der Waals surface area (Å²) in [6.45, 7) is 2.02. The molecule has 0 atom stereocenters. The summed E-state index contributed by atoms with van der Waals surface area (Å²) in [5, 5.41) is 11.1. The summed E-state index contributed by atoms with van der Waals surface area (Å²) >= 11 is 2.92. The summed E-state index contributed by atoms with van der Waals surface area (Å²) in [5.74, 6) is 0.764. The van der Waals surface area contributed by atoms with Crippen LogP contribution >= 0.6 is 23.5 Å². The first-order chi connectivity index (χ1) is 15.9. The SMILES string of the molecule is COc1ccc2c(c1)N(C)C(=C1SC(=Nc3ccc(C)cc3)N(c3ccc(O)cc3)C1=O)S2. The average Bonchev–Trinajstić information content (AvgIpc) is 3.31. The molecule has 0 radical (unpaired) electrons. The van der Waals surface area contributed by atoms with Crippen LogP contribution < -0.4 is 14.5 Å². The fourth-order valence-corrected chi connectivity index (χ4v) is 5.92. The van der Waals surface area contributed by atoms with Gasteiger partial charge in [0.05, 0.1) is 29.2 Å². The Balaban J connectivity index is 1.59. The van der Waals surface area contributed by atoms with Crippen molar-refractivity contribution >= 4 is 51.7 Å². The number of amidine groups is 1. The number of hydrogen-bond acceptors (Lipinski definition) is 7. The van der Waals surface area contributed by atoms with Crippen molar-refractivity contribution in [3.05, 3.63) is 82.2 Å². The molecular formula is C25H21N3O3S2. The second kappa shape index (κ2) is 8.53. The number of phenolic OH excluding ortho intramolecular Hbond substituents is 1. The minimum atomic E-state index is -0.148. The van der Waals surface area contributed by atoms with Crippen molar-refractivity contribution in [1.82, 2.24) is 0 Å². The van der Waals surface area contributed by atoms with Crippen LogP contribution in [0.5, 0.6) is 11.5 Å². The lowest BCUT2D eigenvalue weighted by Gasteiger charge is -2.17. The standard InChI is InChI=1S/C25H21N3O3S2/c1-15-4-6-16(7-5-15)26-25-28(17-8-10-18(29)11-9-17)23(30)22(33-25)24-27(2)20-14-19(31-3)12-13-21(20)32-24/h4-14,29H,1-3H3. The van der Waals surface area contributed by atoms with Crippen LogP contribution in [0.25, 0.3) is 0 Å². The molecule has 2 aliphatic rings. The van der Waals surface area contributed by atoms with Crippen molar-refractivity contribution in [2.45, 2.75) is 11.8 Å². The van der Waals surface area contributed by atoms with Gasteiger partial charge in [-0.1, -0.05) is 29.5 Å². The number of aromatic hydroxyl groups is 1. The Hall–Kier alpha value is -3.36. The van der Waals surface area contributed by atoms with E-state index in [1.54, 1.807) is 48.0 Å². The number of rotatable bonds is 3. The molecule has 33 heavy (non-hydrogen) atoms. The van der Waals surface area contributed by atoms with Crippen LogP contribution in [0.2, 0.25) is 0 Å². The molecule has 1 N–H and O–H groups in total. The van der Waals surface area contributed by atoms with Crippen LogP contribution in [0.4, 0.5) is 17.1 Å². The lowest BCUT2D eigenvalue weighted by Crippen LogP contribution is -2.29. The molecule has 0 unspecified atom stereocenters. The lowest BCUT2D eigenvalue weighted by atomic mass is 10.2. The molecule has 0 bridgehead atoms. The monoisotopic (exact) mass is 475 g/mol. The number of hydrogen-bond donors (Lipinski definition) is 1. The number of carbonyl (C=O) groups excluding carboxylic acids is 1. The van der Waals surface area contributed by atoms with E-state index >= 15 is 0 Å². The molecule has 0 spiro atoms. The van der Waals surface area contributed by atoms with Gasteiger partial charge in [-0.25, -0.2) is 4.99 Å². The van der Waals surface area contributed by atoms with Crippen LogP contribution in [0, 0.1) is 6.92 Å². The quantitative estimate of drug-likeness (QED) is 0.477. The highest BCUT2D eigenvalue weighted by Gasteiger charge is 2.40. The second-order valence-electron chi connectivity index (χ2n) is 7.62. The number of benzene rings is 3. The number of phenols is 1. The van der Waals surface area contributed by atoms with E-state index in [0.29, 0.717) is 15.8 Å². The van der Waals surface area contributed by atoms with Gasteiger partial charge < -0.3 is 14.7 Å². The van der Waals surface area contributed by atoms with Gasteiger partial charge in [-0.2, -0.15) is 0 Å². The maximum absolute atomic E-state index is 13.7. The van der Waals surface area contributed by atoms with Gasteiger partial charge >= 0.3 is 0 Å². The number of carbonyl (C=O) groups is 1. The zero-order chi connectivity index (χ0) is 23.1. The number of aryl methyl sites for hydroxylation is 1. The summed E-state index contributed by atoms with van der Waals surface area (Å²) in [5.41, 5.74) is 3.56. The predicted octanol–water partition coefficient (Wildman–Crippen LogP) is 5.89. The van der Waals surface area contributed by atoms with Crippen molar-refractivity contribution < 1.29 is 14.6 Å². The van der Waals surface area contributed by atoms with Crippen LogP contribution in [-0.2, 0) is 4.79 Å². The first-order valence-corrected chi connectivity index (χ1v) is 11.9. The van der Waals surface area contributed by atoms with Crippen molar-refractivity contribution in [3.63, 3.8) is 0 Å². The van der Waals surface area contributed by atoms with E-state index in [2.05, 4.69) is 0 Å². The first-order valence-electron chi connectivity index (χ1n) is 10.2. The molecule has 0 aromatic heterocycles. The Bertz CT molecular complexity index is 1300. The van der Waals surface area contributed by atoms with E-state index in [4.69, 9.17) is 9.73 Å². The number of nitrogens with zero attached hydrogens (tertiary/aromatic N) is 3. The number of thioether (sulfide) groups is 2. The topological polar surface area (TPSA) is 65.4 Å². The maximum Gasteiger partial charge on any atom is 0.274 e. The predicted molar refractivity (Wildman–Crippen MR) is 136 cm³/mol. The Kier molecular flexibility index (Phi) is 5.55. The summed E-state index contributed by atoms with van der Waals surface area (Å²) in [7, 11) is 3.59. The van der Waals surface area contributed by atoms with Crippen molar-refractivity contribution in [3.8, 4) is 11.5 Å². The van der Waals surface area contributed by atoms with Gasteiger partial charge in [-0.3, -0.25) is 9.69 Å². The number of aliphatic imine (C=N–C) groups is 1. The van der Waals surface area contributed by atoms with Gasteiger partial charge in [0, 0.05) is 18.0 Å². The average molecular weight is 476 g/mol. The third-order valence-electron chi connectivity index (χ3n) is 5.38. The molecule has 1 fully saturated rings. The number of fused-ring (bicyclic) bond motifs is 1. The first kappa shape index (κ1) is 21.5. The summed E-state index contributed by atoms with van der Waals surface area (Å²) in [6, 6.07) is 20.3. The molecule has 8 heteroatoms. The molecule has 3 aromatic rings. The third-order valence-corrected chi connectivity index (χ3v) is 7.78. The van der Waals surface area contributed by atoms with Gasteiger partial charge in [0.2, 0.25) is 0 Å². The van der Waals surface area contributed by atoms with Crippen LogP contribution in [0.1, 0.15) is 5.56 Å². The van der Waals surface area contributed by atoms with E-state index in [9.17, 15) is 9.90 Å². The zero-order valence-electron chi connectivity index (χ0n) is 18.3. The summed E-state index contributed by atoms with van der Waals surface area (Å²) in [4.78, 5) is 23.8. The van der Waals surface area contributed by atoms with Crippen molar-refractivity contribution in [2.24, 2.45) is 4.99 Å². The van der Waals surface area contributed by atoms with Gasteiger partial charge in [0.1, 0.15) is 16.4 Å². The van der Waals surface area contributed by atoms with Gasteiger partial charge in [-0.15, -0.1) is 0 Å². The maximum atomic E-state index is 13.7. The Morgan fingerprint density at radius 1 is 0.970 bits per heavy atom. The Morgan fingerprint density at radius 3 is 2.39 bits per heavy atom. The van der Waals surface area contributed by atoms with E-state index in [1.165, 1.54) is 11.8 Å². The fraction of sp³-hybridized carbons (Fsp3) is 0.120.